The van der Waals surface area contributed by atoms with Crippen LogP contribution in [-0.4, -0.2) is 0 Å². The summed E-state index contributed by atoms with van der Waals surface area (Å²) in [6.07, 6.45) is 9.25. The molecule has 0 heteroatoms. The lowest BCUT2D eigenvalue weighted by molar-refractivity contribution is 0.725. The highest BCUT2D eigenvalue weighted by atomic mass is 14.4. The minimum atomic E-state index is 0.313. The summed E-state index contributed by atoms with van der Waals surface area (Å²) in [7, 11) is 0. The monoisotopic (exact) mass is 608 g/mol. The van der Waals surface area contributed by atoms with E-state index < -0.39 is 0 Å². The van der Waals surface area contributed by atoms with Crippen LogP contribution in [0.15, 0.2) is 182 Å². The third kappa shape index (κ3) is 4.03. The molecule has 224 valence electrons. The summed E-state index contributed by atoms with van der Waals surface area (Å²) < 4.78 is 0. The highest BCUT2D eigenvalue weighted by molar-refractivity contribution is 6.24. The molecule has 10 rings (SSSR count). The van der Waals surface area contributed by atoms with E-state index in [4.69, 9.17) is 0 Å². The Morgan fingerprint density at radius 3 is 1.50 bits per heavy atom. The molecule has 0 amide bonds. The third-order valence-corrected chi connectivity index (χ3v) is 10.6. The van der Waals surface area contributed by atoms with Crippen molar-refractivity contribution in [1.29, 1.82) is 0 Å². The average molecular weight is 609 g/mol. The highest BCUT2D eigenvalue weighted by Crippen LogP contribution is 2.54. The van der Waals surface area contributed by atoms with E-state index in [2.05, 4.69) is 182 Å². The van der Waals surface area contributed by atoms with E-state index in [-0.39, 0.29) is 0 Å². The molecule has 0 fully saturated rings. The molecular formula is C48H32. The molecule has 8 aromatic rings. The highest BCUT2D eigenvalue weighted by Gasteiger charge is 2.34. The van der Waals surface area contributed by atoms with Crippen LogP contribution < -0.4 is 0 Å². The number of hydrogen-bond acceptors (Lipinski definition) is 0. The maximum atomic E-state index is 2.52. The third-order valence-electron chi connectivity index (χ3n) is 10.6. The lowest BCUT2D eigenvalue weighted by atomic mass is 9.68. The smallest absolute Gasteiger partial charge is 0.0137 e. The quantitative estimate of drug-likeness (QED) is 0.175. The Morgan fingerprint density at radius 1 is 0.312 bits per heavy atom. The molecule has 0 saturated heterocycles. The predicted octanol–water partition coefficient (Wildman–Crippen LogP) is 13.1. The van der Waals surface area contributed by atoms with Crippen molar-refractivity contribution in [3.8, 4) is 44.5 Å². The minimum Gasteiger partial charge on any atom is -0.0761 e. The van der Waals surface area contributed by atoms with E-state index >= 15 is 0 Å². The van der Waals surface area contributed by atoms with Gasteiger partial charge in [-0.3, -0.25) is 0 Å². The van der Waals surface area contributed by atoms with Crippen LogP contribution in [0.25, 0.3) is 76.8 Å². The fourth-order valence-electron chi connectivity index (χ4n) is 8.59. The maximum Gasteiger partial charge on any atom is 0.0137 e. The molecule has 2 aliphatic rings. The van der Waals surface area contributed by atoms with E-state index in [0.717, 1.165) is 0 Å². The molecule has 0 aliphatic heterocycles. The van der Waals surface area contributed by atoms with E-state index in [0.29, 0.717) is 11.8 Å². The minimum absolute atomic E-state index is 0.313. The summed E-state index contributed by atoms with van der Waals surface area (Å²) in [5.41, 5.74) is 13.2. The zero-order valence-corrected chi connectivity index (χ0v) is 26.5. The fourth-order valence-corrected chi connectivity index (χ4v) is 8.59. The fraction of sp³-hybridized carbons (Fsp3) is 0.0417. The van der Waals surface area contributed by atoms with Crippen LogP contribution in [0.3, 0.4) is 0 Å². The molecule has 0 bridgehead atoms. The second kappa shape index (κ2) is 10.8. The average Bonchev–Trinajstić information content (AvgIpc) is 3.17. The molecular weight excluding hydrogens is 577 g/mol. The van der Waals surface area contributed by atoms with E-state index in [1.807, 2.05) is 0 Å². The molecule has 0 aromatic heterocycles. The van der Waals surface area contributed by atoms with Gasteiger partial charge in [-0.25, -0.2) is 0 Å². The van der Waals surface area contributed by atoms with Crippen molar-refractivity contribution in [3.05, 3.63) is 193 Å². The molecule has 0 saturated carbocycles. The molecule has 0 heterocycles. The van der Waals surface area contributed by atoms with Crippen LogP contribution in [0.5, 0.6) is 0 Å². The van der Waals surface area contributed by atoms with Crippen molar-refractivity contribution in [1.82, 2.24) is 0 Å². The molecule has 0 spiro atoms. The van der Waals surface area contributed by atoms with Crippen LogP contribution in [0, 0.1) is 0 Å². The molecule has 2 unspecified atom stereocenters. The van der Waals surface area contributed by atoms with Gasteiger partial charge >= 0.3 is 0 Å². The van der Waals surface area contributed by atoms with Crippen molar-refractivity contribution in [3.63, 3.8) is 0 Å². The van der Waals surface area contributed by atoms with Gasteiger partial charge < -0.3 is 0 Å². The summed E-state index contributed by atoms with van der Waals surface area (Å²) in [6.45, 7) is 0. The van der Waals surface area contributed by atoms with Crippen molar-refractivity contribution >= 4 is 32.3 Å². The summed E-state index contributed by atoms with van der Waals surface area (Å²) in [5.74, 6) is 0.663. The van der Waals surface area contributed by atoms with Crippen LogP contribution in [0.4, 0.5) is 0 Å². The van der Waals surface area contributed by atoms with Gasteiger partial charge in [0, 0.05) is 11.8 Å². The number of fused-ring (bicyclic) bond motifs is 10. The Hall–Kier alpha value is -5.98. The van der Waals surface area contributed by atoms with Gasteiger partial charge in [0.05, 0.1) is 0 Å². The van der Waals surface area contributed by atoms with Gasteiger partial charge in [-0.2, -0.15) is 0 Å². The topological polar surface area (TPSA) is 0 Å². The zero-order chi connectivity index (χ0) is 31.6. The van der Waals surface area contributed by atoms with E-state index in [9.17, 15) is 0 Å². The van der Waals surface area contributed by atoms with Crippen LogP contribution >= 0.6 is 0 Å². The second-order valence-electron chi connectivity index (χ2n) is 13.1. The molecule has 0 radical (unpaired) electrons. The van der Waals surface area contributed by atoms with E-state index in [1.165, 1.54) is 88.0 Å². The molecule has 0 nitrogen and oxygen atoms in total. The first-order valence-electron chi connectivity index (χ1n) is 16.9. The largest absolute Gasteiger partial charge is 0.0761 e. The normalized spacial score (nSPS) is 16.2. The molecule has 2 aliphatic carbocycles. The van der Waals surface area contributed by atoms with Crippen molar-refractivity contribution < 1.29 is 0 Å². The Morgan fingerprint density at radius 2 is 0.812 bits per heavy atom. The van der Waals surface area contributed by atoms with Gasteiger partial charge in [0.1, 0.15) is 0 Å². The molecule has 0 N–H and O–H groups in total. The van der Waals surface area contributed by atoms with Crippen LogP contribution in [0.2, 0.25) is 0 Å². The number of rotatable bonds is 3. The Balaban J connectivity index is 1.28. The summed E-state index contributed by atoms with van der Waals surface area (Å²) in [6, 6.07) is 58.5. The zero-order valence-electron chi connectivity index (χ0n) is 26.5. The SMILES string of the molecule is C1=CC2c3ccccc3-c3cc(-c4c5ccccc5c(-c5ccc(-c6ccccc6)cc5)c5ccccc45)c4ccccc4c3C2C=C1. The van der Waals surface area contributed by atoms with Crippen molar-refractivity contribution in [2.75, 3.05) is 0 Å². The van der Waals surface area contributed by atoms with Crippen LogP contribution in [-0.2, 0) is 0 Å². The van der Waals surface area contributed by atoms with Gasteiger partial charge in [0.15, 0.2) is 0 Å². The van der Waals surface area contributed by atoms with Crippen LogP contribution in [0.1, 0.15) is 23.0 Å². The van der Waals surface area contributed by atoms with Gasteiger partial charge in [0.25, 0.3) is 0 Å². The summed E-state index contributed by atoms with van der Waals surface area (Å²) in [4.78, 5) is 0. The predicted molar refractivity (Wildman–Crippen MR) is 204 cm³/mol. The first-order valence-corrected chi connectivity index (χ1v) is 16.9. The first-order chi connectivity index (χ1) is 23.8. The van der Waals surface area contributed by atoms with Gasteiger partial charge in [-0.1, -0.05) is 176 Å². The molecule has 2 atom stereocenters. The Kier molecular flexibility index (Phi) is 6.11. The van der Waals surface area contributed by atoms with E-state index in [1.54, 1.807) is 0 Å². The Labute approximate surface area is 281 Å². The standard InChI is InChI=1S/C48H32/c1-2-14-31(15-3-1)32-26-28-33(29-27-32)46-40-22-10-12-24-42(40)48(43-25-13-11-23-41(43)46)45-30-44-36-18-5-4-16-34(36)35-17-6-8-20-38(35)47(44)39-21-9-7-19-37(39)45/h1-30,35,38H. The molecule has 48 heavy (non-hydrogen) atoms. The molecule has 8 aromatic carbocycles. The number of hydrogen-bond donors (Lipinski definition) is 0. The summed E-state index contributed by atoms with van der Waals surface area (Å²) in [5, 5.41) is 7.79. The number of allylic oxidation sites excluding steroid dienone is 4. The maximum absolute atomic E-state index is 2.52. The lowest BCUT2D eigenvalue weighted by Gasteiger charge is -2.35. The van der Waals surface area contributed by atoms with Gasteiger partial charge in [-0.05, 0) is 94.0 Å². The van der Waals surface area contributed by atoms with Gasteiger partial charge in [0.2, 0.25) is 0 Å². The summed E-state index contributed by atoms with van der Waals surface area (Å²) >= 11 is 0. The Bertz CT molecular complexity index is 2540. The van der Waals surface area contributed by atoms with Crippen molar-refractivity contribution in [2.24, 2.45) is 0 Å². The van der Waals surface area contributed by atoms with Gasteiger partial charge in [-0.15, -0.1) is 0 Å². The first kappa shape index (κ1) is 27.2. The number of benzene rings is 8. The second-order valence-corrected chi connectivity index (χ2v) is 13.1. The van der Waals surface area contributed by atoms with Crippen molar-refractivity contribution in [2.45, 2.75) is 11.8 Å². The lowest BCUT2D eigenvalue weighted by Crippen LogP contribution is -2.17.